The number of sulfonamides is 1. The van der Waals surface area contributed by atoms with E-state index in [2.05, 4.69) is 10.6 Å². The van der Waals surface area contributed by atoms with Crippen molar-refractivity contribution in [3.05, 3.63) is 59.7 Å². The monoisotopic (exact) mass is 286 g/mol. The van der Waals surface area contributed by atoms with Crippen molar-refractivity contribution in [2.45, 2.75) is 5.75 Å². The maximum absolute atomic E-state index is 12.1. The molecule has 0 amide bonds. The van der Waals surface area contributed by atoms with E-state index in [1.54, 1.807) is 48.5 Å². The summed E-state index contributed by atoms with van der Waals surface area (Å²) in [6.07, 6.45) is 5.28. The molecule has 0 heterocycles. The third-order valence-electron chi connectivity index (χ3n) is 2.64. The lowest BCUT2D eigenvalue weighted by atomic mass is 10.2. The summed E-state index contributed by atoms with van der Waals surface area (Å²) in [6.45, 7) is 0. The number of nitrogens with one attached hydrogen (secondary N) is 1. The molecule has 0 aliphatic heterocycles. The first-order valence-corrected chi connectivity index (χ1v) is 7.55. The second-order valence-corrected chi connectivity index (χ2v) is 6.05. The van der Waals surface area contributed by atoms with E-state index in [0.29, 0.717) is 22.5 Å². The molecule has 0 fully saturated rings. The number of anilines is 2. The van der Waals surface area contributed by atoms with Gasteiger partial charge in [0.1, 0.15) is 0 Å². The first kappa shape index (κ1) is 14.0. The Bertz CT molecular complexity index is 744. The molecule has 3 N–H and O–H groups in total. The van der Waals surface area contributed by atoms with E-state index >= 15 is 0 Å². The van der Waals surface area contributed by atoms with Crippen molar-refractivity contribution < 1.29 is 8.42 Å². The Morgan fingerprint density at radius 2 is 1.85 bits per heavy atom. The summed E-state index contributed by atoms with van der Waals surface area (Å²) in [5, 5.41) is 0. The molecule has 20 heavy (non-hydrogen) atoms. The highest BCUT2D eigenvalue weighted by Crippen LogP contribution is 2.15. The molecule has 2 aromatic carbocycles. The lowest BCUT2D eigenvalue weighted by molar-refractivity contribution is 0.600. The van der Waals surface area contributed by atoms with Crippen LogP contribution in [0.25, 0.3) is 0 Å². The van der Waals surface area contributed by atoms with E-state index in [1.807, 2.05) is 0 Å². The number of nitrogens with two attached hydrogens (primary N) is 1. The molecule has 0 atom stereocenters. The van der Waals surface area contributed by atoms with Crippen LogP contribution >= 0.6 is 0 Å². The fraction of sp³-hybridized carbons (Fsp3) is 0.0667. The first-order chi connectivity index (χ1) is 9.48. The van der Waals surface area contributed by atoms with E-state index in [4.69, 9.17) is 12.2 Å². The summed E-state index contributed by atoms with van der Waals surface area (Å²) in [6, 6.07) is 13.4. The van der Waals surface area contributed by atoms with Crippen molar-refractivity contribution in [3.63, 3.8) is 0 Å². The minimum Gasteiger partial charge on any atom is -0.399 e. The van der Waals surface area contributed by atoms with Crippen LogP contribution in [0.5, 0.6) is 0 Å². The molecule has 102 valence electrons. The fourth-order valence-electron chi connectivity index (χ4n) is 1.72. The minimum absolute atomic E-state index is 0.117. The Morgan fingerprint density at radius 3 is 2.50 bits per heavy atom. The van der Waals surface area contributed by atoms with Gasteiger partial charge >= 0.3 is 0 Å². The van der Waals surface area contributed by atoms with Crippen LogP contribution in [-0.2, 0) is 15.8 Å². The number of benzene rings is 2. The van der Waals surface area contributed by atoms with Gasteiger partial charge in [0.05, 0.1) is 5.75 Å². The van der Waals surface area contributed by atoms with Gasteiger partial charge in [0.15, 0.2) is 0 Å². The van der Waals surface area contributed by atoms with Gasteiger partial charge in [0, 0.05) is 16.9 Å². The van der Waals surface area contributed by atoms with Gasteiger partial charge in [-0.1, -0.05) is 24.1 Å². The van der Waals surface area contributed by atoms with Crippen molar-refractivity contribution >= 4 is 21.4 Å². The third kappa shape index (κ3) is 3.77. The van der Waals surface area contributed by atoms with Gasteiger partial charge in [-0.25, -0.2) is 8.42 Å². The molecule has 2 aromatic rings. The van der Waals surface area contributed by atoms with Gasteiger partial charge < -0.3 is 5.73 Å². The van der Waals surface area contributed by atoms with Crippen molar-refractivity contribution in [2.75, 3.05) is 10.5 Å². The van der Waals surface area contributed by atoms with Crippen molar-refractivity contribution in [3.8, 4) is 12.3 Å². The normalized spacial score (nSPS) is 10.8. The van der Waals surface area contributed by atoms with Gasteiger partial charge in [-0.05, 0) is 35.9 Å². The molecule has 5 heteroatoms. The summed E-state index contributed by atoms with van der Waals surface area (Å²) in [4.78, 5) is 0. The van der Waals surface area contributed by atoms with Gasteiger partial charge in [0.2, 0.25) is 10.0 Å². The van der Waals surface area contributed by atoms with Crippen LogP contribution in [0, 0.1) is 12.3 Å². The molecule has 0 bridgehead atoms. The average Bonchev–Trinajstić information content (AvgIpc) is 2.41. The predicted molar refractivity (Wildman–Crippen MR) is 81.5 cm³/mol. The number of rotatable bonds is 4. The Balaban J connectivity index is 2.15. The standard InChI is InChI=1S/C15H14N2O2S/c1-2-12-4-3-5-15(10-12)17-20(18,19)11-13-6-8-14(16)9-7-13/h1,3-10,17H,11,16H2. The summed E-state index contributed by atoms with van der Waals surface area (Å²) in [5.41, 5.74) is 7.90. The highest BCUT2D eigenvalue weighted by atomic mass is 32.2. The van der Waals surface area contributed by atoms with Crippen LogP contribution in [-0.4, -0.2) is 8.42 Å². The highest BCUT2D eigenvalue weighted by molar-refractivity contribution is 7.91. The highest BCUT2D eigenvalue weighted by Gasteiger charge is 2.11. The summed E-state index contributed by atoms with van der Waals surface area (Å²) < 4.78 is 26.6. The Hall–Kier alpha value is -2.45. The van der Waals surface area contributed by atoms with Crippen molar-refractivity contribution in [1.82, 2.24) is 0 Å². The molecular formula is C15H14N2O2S. The van der Waals surface area contributed by atoms with Crippen LogP contribution in [0.2, 0.25) is 0 Å². The van der Waals surface area contributed by atoms with Crippen molar-refractivity contribution in [2.24, 2.45) is 0 Å². The molecule has 0 saturated heterocycles. The Kier molecular flexibility index (Phi) is 3.97. The summed E-state index contributed by atoms with van der Waals surface area (Å²) in [7, 11) is -3.48. The Morgan fingerprint density at radius 1 is 1.15 bits per heavy atom. The number of hydrogen-bond acceptors (Lipinski definition) is 3. The quantitative estimate of drug-likeness (QED) is 0.668. The molecule has 4 nitrogen and oxygen atoms in total. The van der Waals surface area contributed by atoms with Gasteiger partial charge in [-0.15, -0.1) is 6.42 Å². The zero-order valence-corrected chi connectivity index (χ0v) is 11.5. The zero-order chi connectivity index (χ0) is 14.6. The zero-order valence-electron chi connectivity index (χ0n) is 10.7. The molecular weight excluding hydrogens is 272 g/mol. The van der Waals surface area contributed by atoms with Gasteiger partial charge in [0.25, 0.3) is 0 Å². The van der Waals surface area contributed by atoms with Gasteiger partial charge in [-0.3, -0.25) is 4.72 Å². The lowest BCUT2D eigenvalue weighted by Gasteiger charge is -2.08. The molecule has 0 aromatic heterocycles. The second-order valence-electron chi connectivity index (χ2n) is 4.33. The van der Waals surface area contributed by atoms with E-state index in [-0.39, 0.29) is 5.75 Å². The smallest absolute Gasteiger partial charge is 0.236 e. The first-order valence-electron chi connectivity index (χ1n) is 5.90. The van der Waals surface area contributed by atoms with Crippen LogP contribution in [0.4, 0.5) is 11.4 Å². The maximum atomic E-state index is 12.1. The number of hydrogen-bond donors (Lipinski definition) is 2. The third-order valence-corrected chi connectivity index (χ3v) is 3.90. The second kappa shape index (κ2) is 5.68. The number of terminal acetylenes is 1. The minimum atomic E-state index is -3.48. The van der Waals surface area contributed by atoms with Crippen LogP contribution in [0.15, 0.2) is 48.5 Å². The molecule has 0 unspecified atom stereocenters. The molecule has 0 spiro atoms. The van der Waals surface area contributed by atoms with Crippen molar-refractivity contribution in [1.29, 1.82) is 0 Å². The predicted octanol–water partition coefficient (Wildman–Crippen LogP) is 2.19. The molecule has 0 aliphatic carbocycles. The Labute approximate surface area is 118 Å². The largest absolute Gasteiger partial charge is 0.399 e. The lowest BCUT2D eigenvalue weighted by Crippen LogP contribution is -2.15. The van der Waals surface area contributed by atoms with E-state index in [1.165, 1.54) is 0 Å². The van der Waals surface area contributed by atoms with Crippen LogP contribution in [0.3, 0.4) is 0 Å². The number of nitrogen functional groups attached to an aromatic ring is 1. The average molecular weight is 286 g/mol. The van der Waals surface area contributed by atoms with E-state index in [0.717, 1.165) is 0 Å². The molecule has 0 radical (unpaired) electrons. The molecule has 0 saturated carbocycles. The van der Waals surface area contributed by atoms with E-state index in [9.17, 15) is 8.42 Å². The van der Waals surface area contributed by atoms with Crippen LogP contribution in [0.1, 0.15) is 11.1 Å². The maximum Gasteiger partial charge on any atom is 0.236 e. The van der Waals surface area contributed by atoms with Crippen LogP contribution < -0.4 is 10.5 Å². The summed E-state index contributed by atoms with van der Waals surface area (Å²) >= 11 is 0. The SMILES string of the molecule is C#Cc1cccc(NS(=O)(=O)Cc2ccc(N)cc2)c1. The van der Waals surface area contributed by atoms with Gasteiger partial charge in [-0.2, -0.15) is 0 Å². The molecule has 0 aliphatic rings. The summed E-state index contributed by atoms with van der Waals surface area (Å²) in [5.74, 6) is 2.34. The molecule has 2 rings (SSSR count). The van der Waals surface area contributed by atoms with E-state index < -0.39 is 10.0 Å². The fourth-order valence-corrected chi connectivity index (χ4v) is 2.91. The topological polar surface area (TPSA) is 72.2 Å².